The van der Waals surface area contributed by atoms with E-state index in [4.69, 9.17) is 5.73 Å². The van der Waals surface area contributed by atoms with Gasteiger partial charge in [-0.1, -0.05) is 6.07 Å². The normalized spacial score (nSPS) is 19.7. The summed E-state index contributed by atoms with van der Waals surface area (Å²) in [6.45, 7) is 5.07. The maximum Gasteiger partial charge on any atom is 0.251 e. The van der Waals surface area contributed by atoms with Gasteiger partial charge in [0, 0.05) is 36.8 Å². The topological polar surface area (TPSA) is 105 Å². The number of nitrogens with zero attached hydrogens (tertiary/aromatic N) is 1. The molecule has 1 saturated heterocycles. The molecule has 1 aromatic rings. The van der Waals surface area contributed by atoms with E-state index < -0.39 is 6.04 Å². The Morgan fingerprint density at radius 1 is 1.22 bits per heavy atom. The lowest BCUT2D eigenvalue weighted by atomic mass is 9.90. The fourth-order valence-electron chi connectivity index (χ4n) is 3.83. The zero-order valence-corrected chi connectivity index (χ0v) is 16.0. The van der Waals surface area contributed by atoms with Crippen LogP contribution in [0.4, 0.5) is 5.69 Å². The van der Waals surface area contributed by atoms with Gasteiger partial charge in [0.15, 0.2) is 0 Å². The molecule has 0 aromatic heterocycles. The van der Waals surface area contributed by atoms with Crippen molar-refractivity contribution in [3.05, 3.63) is 29.3 Å². The molecule has 3 amide bonds. The van der Waals surface area contributed by atoms with E-state index in [2.05, 4.69) is 10.6 Å². The predicted molar refractivity (Wildman–Crippen MR) is 103 cm³/mol. The van der Waals surface area contributed by atoms with Gasteiger partial charge in [-0.25, -0.2) is 0 Å². The Hall–Kier alpha value is -2.41. The highest BCUT2D eigenvalue weighted by molar-refractivity contribution is 5.99. The minimum absolute atomic E-state index is 0.00988. The van der Waals surface area contributed by atoms with E-state index in [1.54, 1.807) is 13.0 Å². The van der Waals surface area contributed by atoms with Crippen LogP contribution in [-0.4, -0.2) is 47.8 Å². The van der Waals surface area contributed by atoms with Gasteiger partial charge in [-0.3, -0.25) is 14.4 Å². The molecule has 2 atom stereocenters. The minimum Gasteiger partial charge on any atom is -0.349 e. The number of amides is 3. The van der Waals surface area contributed by atoms with E-state index in [1.165, 1.54) is 0 Å². The Balaban J connectivity index is 1.56. The van der Waals surface area contributed by atoms with Crippen molar-refractivity contribution in [3.8, 4) is 0 Å². The maximum absolute atomic E-state index is 12.6. The third-order valence-electron chi connectivity index (χ3n) is 5.57. The summed E-state index contributed by atoms with van der Waals surface area (Å²) in [5.41, 5.74) is 8.01. The van der Waals surface area contributed by atoms with Crippen LogP contribution in [0.2, 0.25) is 0 Å². The van der Waals surface area contributed by atoms with Crippen LogP contribution in [0.3, 0.4) is 0 Å². The predicted octanol–water partition coefficient (Wildman–Crippen LogP) is 1.28. The minimum atomic E-state index is -0.469. The molecule has 3 rings (SSSR count). The Bertz CT molecular complexity index is 739. The molecule has 1 fully saturated rings. The second-order valence-corrected chi connectivity index (χ2v) is 7.63. The molecule has 2 unspecified atom stereocenters. The second kappa shape index (κ2) is 8.08. The van der Waals surface area contributed by atoms with Crippen LogP contribution in [0.25, 0.3) is 0 Å². The van der Waals surface area contributed by atoms with Gasteiger partial charge in [-0.15, -0.1) is 0 Å². The third kappa shape index (κ3) is 4.47. The smallest absolute Gasteiger partial charge is 0.251 e. The Morgan fingerprint density at radius 3 is 2.59 bits per heavy atom. The first kappa shape index (κ1) is 19.4. The van der Waals surface area contributed by atoms with Crippen molar-refractivity contribution in [3.63, 3.8) is 0 Å². The Kier molecular flexibility index (Phi) is 5.79. The number of carbonyl (C=O) groups excluding carboxylic acids is 3. The first-order valence-electron chi connectivity index (χ1n) is 9.63. The number of carbonyl (C=O) groups is 3. The van der Waals surface area contributed by atoms with Gasteiger partial charge in [0.1, 0.15) is 0 Å². The van der Waals surface area contributed by atoms with Gasteiger partial charge >= 0.3 is 0 Å². The number of benzene rings is 1. The number of aryl methyl sites for hydroxylation is 1. The largest absolute Gasteiger partial charge is 0.349 e. The van der Waals surface area contributed by atoms with Crippen LogP contribution in [0.15, 0.2) is 18.2 Å². The summed E-state index contributed by atoms with van der Waals surface area (Å²) in [5, 5.41) is 5.90. The highest BCUT2D eigenvalue weighted by Crippen LogP contribution is 2.25. The summed E-state index contributed by atoms with van der Waals surface area (Å²) >= 11 is 0. The summed E-state index contributed by atoms with van der Waals surface area (Å²) in [4.78, 5) is 38.0. The van der Waals surface area contributed by atoms with Crippen molar-refractivity contribution in [2.75, 3.05) is 18.4 Å². The number of nitrogens with two attached hydrogens (primary N) is 1. The molecule has 7 heteroatoms. The van der Waals surface area contributed by atoms with E-state index >= 15 is 0 Å². The molecule has 0 aliphatic carbocycles. The van der Waals surface area contributed by atoms with E-state index in [0.29, 0.717) is 37.4 Å². The van der Waals surface area contributed by atoms with Crippen LogP contribution >= 0.6 is 0 Å². The van der Waals surface area contributed by atoms with Gasteiger partial charge in [0.2, 0.25) is 11.8 Å². The van der Waals surface area contributed by atoms with Gasteiger partial charge in [-0.2, -0.15) is 0 Å². The number of rotatable bonds is 4. The first-order chi connectivity index (χ1) is 12.8. The number of piperidine rings is 1. The fraction of sp³-hybridized carbons (Fsp3) is 0.550. The molecule has 2 aliphatic rings. The van der Waals surface area contributed by atoms with Gasteiger partial charge in [-0.05, 0) is 56.7 Å². The molecule has 146 valence electrons. The van der Waals surface area contributed by atoms with Crippen molar-refractivity contribution in [1.82, 2.24) is 10.2 Å². The van der Waals surface area contributed by atoms with E-state index in [9.17, 15) is 14.4 Å². The SMILES string of the molecule is CC(N)C(=O)N1CCC(C(C)NC(=O)c2ccc3c(c2)NC(=O)CC3)CC1. The zero-order valence-electron chi connectivity index (χ0n) is 16.0. The number of anilines is 1. The summed E-state index contributed by atoms with van der Waals surface area (Å²) < 4.78 is 0. The average molecular weight is 372 g/mol. The lowest BCUT2D eigenvalue weighted by Gasteiger charge is -2.35. The number of nitrogens with one attached hydrogen (secondary N) is 2. The first-order valence-corrected chi connectivity index (χ1v) is 9.63. The van der Waals surface area contributed by atoms with E-state index in [-0.39, 0.29) is 23.8 Å². The number of fused-ring (bicyclic) bond motifs is 1. The molecular weight excluding hydrogens is 344 g/mol. The summed E-state index contributed by atoms with van der Waals surface area (Å²) in [6.07, 6.45) is 2.89. The van der Waals surface area contributed by atoms with Crippen molar-refractivity contribution in [1.29, 1.82) is 0 Å². The summed E-state index contributed by atoms with van der Waals surface area (Å²) in [5.74, 6) is 0.158. The number of hydrogen-bond donors (Lipinski definition) is 3. The Morgan fingerprint density at radius 2 is 1.93 bits per heavy atom. The third-order valence-corrected chi connectivity index (χ3v) is 5.57. The second-order valence-electron chi connectivity index (χ2n) is 7.63. The fourth-order valence-corrected chi connectivity index (χ4v) is 3.83. The molecule has 0 spiro atoms. The monoisotopic (exact) mass is 372 g/mol. The molecule has 4 N–H and O–H groups in total. The molecular formula is C20H28N4O3. The molecule has 27 heavy (non-hydrogen) atoms. The van der Waals surface area contributed by atoms with Crippen LogP contribution in [0, 0.1) is 5.92 Å². The van der Waals surface area contributed by atoms with E-state index in [0.717, 1.165) is 24.1 Å². The van der Waals surface area contributed by atoms with Crippen molar-refractivity contribution < 1.29 is 14.4 Å². The molecule has 1 aromatic carbocycles. The van der Waals surface area contributed by atoms with Crippen LogP contribution in [0.5, 0.6) is 0 Å². The highest BCUT2D eigenvalue weighted by Gasteiger charge is 2.28. The highest BCUT2D eigenvalue weighted by atomic mass is 16.2. The van der Waals surface area contributed by atoms with Gasteiger partial charge in [0.25, 0.3) is 5.91 Å². The summed E-state index contributed by atoms with van der Waals surface area (Å²) in [7, 11) is 0. The molecule has 2 aliphatic heterocycles. The van der Waals surface area contributed by atoms with E-state index in [1.807, 2.05) is 24.0 Å². The van der Waals surface area contributed by atoms with Gasteiger partial charge < -0.3 is 21.3 Å². The zero-order chi connectivity index (χ0) is 19.6. The molecule has 2 heterocycles. The Labute approximate surface area is 159 Å². The number of hydrogen-bond acceptors (Lipinski definition) is 4. The molecule has 0 saturated carbocycles. The quantitative estimate of drug-likeness (QED) is 0.740. The van der Waals surface area contributed by atoms with Gasteiger partial charge in [0.05, 0.1) is 6.04 Å². The van der Waals surface area contributed by atoms with Crippen LogP contribution < -0.4 is 16.4 Å². The van der Waals surface area contributed by atoms with Crippen LogP contribution in [-0.2, 0) is 16.0 Å². The van der Waals surface area contributed by atoms with Crippen molar-refractivity contribution in [2.24, 2.45) is 11.7 Å². The molecule has 0 radical (unpaired) electrons. The van der Waals surface area contributed by atoms with Crippen LogP contribution in [0.1, 0.15) is 49.0 Å². The van der Waals surface area contributed by atoms with Crippen molar-refractivity contribution in [2.45, 2.75) is 51.6 Å². The lowest BCUT2D eigenvalue weighted by Crippen LogP contribution is -2.49. The maximum atomic E-state index is 12.6. The molecule has 7 nitrogen and oxygen atoms in total. The summed E-state index contributed by atoms with van der Waals surface area (Å²) in [6, 6.07) is 5.01. The lowest BCUT2D eigenvalue weighted by molar-refractivity contribution is -0.133. The average Bonchev–Trinajstić information content (AvgIpc) is 2.66. The van der Waals surface area contributed by atoms with Crippen molar-refractivity contribution >= 4 is 23.4 Å². The number of likely N-dealkylation sites (tertiary alicyclic amines) is 1. The molecule has 0 bridgehead atoms. The standard InChI is InChI=1S/C20H28N4O3/c1-12(21)20(27)24-9-7-14(8-10-24)13(2)22-19(26)16-4-3-15-5-6-18(25)23-17(15)11-16/h3-4,11-14H,5-10,21H2,1-2H3,(H,22,26)(H,23,25).